The highest BCUT2D eigenvalue weighted by Gasteiger charge is 2.13. The molecule has 20 heavy (non-hydrogen) atoms. The number of ketones is 1. The third-order valence-electron chi connectivity index (χ3n) is 2.67. The molecule has 0 N–H and O–H groups in total. The lowest BCUT2D eigenvalue weighted by molar-refractivity contribution is 0.102. The van der Waals surface area contributed by atoms with Crippen molar-refractivity contribution in [1.82, 2.24) is 14.8 Å². The van der Waals surface area contributed by atoms with Gasteiger partial charge in [0.25, 0.3) is 0 Å². The summed E-state index contributed by atoms with van der Waals surface area (Å²) in [5.41, 5.74) is 0.544. The van der Waals surface area contributed by atoms with E-state index in [4.69, 9.17) is 23.2 Å². The molecule has 0 saturated carbocycles. The molecule has 1 heterocycles. The number of carbonyl (C=O) groups excluding carboxylic acids is 1. The van der Waals surface area contributed by atoms with Gasteiger partial charge >= 0.3 is 0 Å². The second-order valence-electron chi connectivity index (χ2n) is 4.46. The maximum Gasteiger partial charge on any atom is 0.191 e. The van der Waals surface area contributed by atoms with E-state index in [1.165, 1.54) is 11.8 Å². The molecule has 0 aliphatic carbocycles. The highest BCUT2D eigenvalue weighted by atomic mass is 35.5. The quantitative estimate of drug-likeness (QED) is 0.611. The van der Waals surface area contributed by atoms with E-state index in [9.17, 15) is 4.79 Å². The van der Waals surface area contributed by atoms with Crippen LogP contribution in [-0.2, 0) is 0 Å². The molecule has 7 heteroatoms. The van der Waals surface area contributed by atoms with E-state index in [0.29, 0.717) is 15.6 Å². The van der Waals surface area contributed by atoms with E-state index in [0.717, 1.165) is 5.16 Å². The average Bonchev–Trinajstić information content (AvgIpc) is 2.87. The summed E-state index contributed by atoms with van der Waals surface area (Å²) in [4.78, 5) is 12.1. The topological polar surface area (TPSA) is 47.8 Å². The zero-order chi connectivity index (χ0) is 14.7. The Balaban J connectivity index is 2.05. The normalized spacial score (nSPS) is 11.1. The highest BCUT2D eigenvalue weighted by molar-refractivity contribution is 7.99. The number of nitrogens with zero attached hydrogens (tertiary/aromatic N) is 3. The first-order valence-corrected chi connectivity index (χ1v) is 7.73. The first-order valence-electron chi connectivity index (χ1n) is 5.99. The van der Waals surface area contributed by atoms with Crippen molar-refractivity contribution >= 4 is 40.7 Å². The summed E-state index contributed by atoms with van der Waals surface area (Å²) in [6.45, 7) is 4.07. The highest BCUT2D eigenvalue weighted by Crippen LogP contribution is 2.24. The van der Waals surface area contributed by atoms with Crippen LogP contribution in [0.25, 0.3) is 0 Å². The van der Waals surface area contributed by atoms with Crippen molar-refractivity contribution in [3.8, 4) is 0 Å². The van der Waals surface area contributed by atoms with Gasteiger partial charge < -0.3 is 4.57 Å². The molecule has 0 bridgehead atoms. The molecule has 0 unspecified atom stereocenters. The van der Waals surface area contributed by atoms with Gasteiger partial charge in [0, 0.05) is 11.6 Å². The second-order valence-corrected chi connectivity index (χ2v) is 6.21. The third kappa shape index (κ3) is 3.53. The molecule has 0 spiro atoms. The molecule has 2 rings (SSSR count). The van der Waals surface area contributed by atoms with Gasteiger partial charge in [-0.05, 0) is 32.0 Å². The Morgan fingerprint density at radius 3 is 2.75 bits per heavy atom. The van der Waals surface area contributed by atoms with Crippen LogP contribution in [0.2, 0.25) is 10.0 Å². The van der Waals surface area contributed by atoms with Crippen molar-refractivity contribution in [2.24, 2.45) is 0 Å². The summed E-state index contributed by atoms with van der Waals surface area (Å²) in [6.07, 6.45) is 1.66. The number of carbonyl (C=O) groups is 1. The van der Waals surface area contributed by atoms with Crippen molar-refractivity contribution in [2.75, 3.05) is 5.75 Å². The van der Waals surface area contributed by atoms with Gasteiger partial charge in [-0.25, -0.2) is 0 Å². The van der Waals surface area contributed by atoms with Crippen LogP contribution < -0.4 is 0 Å². The lowest BCUT2D eigenvalue weighted by Crippen LogP contribution is -2.06. The molecule has 0 aliphatic rings. The van der Waals surface area contributed by atoms with Crippen LogP contribution in [0.4, 0.5) is 0 Å². The molecule has 0 fully saturated rings. The fourth-order valence-corrected chi connectivity index (χ4v) is 2.81. The molecule has 106 valence electrons. The van der Waals surface area contributed by atoms with Crippen LogP contribution in [0.1, 0.15) is 30.2 Å². The molecule has 1 aromatic heterocycles. The second kappa shape index (κ2) is 6.61. The maximum atomic E-state index is 12.1. The minimum Gasteiger partial charge on any atom is -0.306 e. The van der Waals surface area contributed by atoms with Crippen LogP contribution in [-0.4, -0.2) is 26.3 Å². The van der Waals surface area contributed by atoms with Gasteiger partial charge in [-0.1, -0.05) is 35.0 Å². The largest absolute Gasteiger partial charge is 0.306 e. The first-order chi connectivity index (χ1) is 9.49. The van der Waals surface area contributed by atoms with Gasteiger partial charge in [-0.3, -0.25) is 4.79 Å². The summed E-state index contributed by atoms with van der Waals surface area (Å²) in [6, 6.07) is 5.13. The van der Waals surface area contributed by atoms with E-state index in [1.807, 2.05) is 18.4 Å². The zero-order valence-corrected chi connectivity index (χ0v) is 13.3. The molecule has 0 radical (unpaired) electrons. The van der Waals surface area contributed by atoms with Crippen LogP contribution in [0.5, 0.6) is 0 Å². The van der Waals surface area contributed by atoms with Crippen molar-refractivity contribution in [3.63, 3.8) is 0 Å². The molecule has 0 atom stereocenters. The SMILES string of the molecule is CC(C)n1cnnc1SCC(=O)c1ccc(Cl)c(Cl)c1. The molecule has 0 amide bonds. The number of Topliss-reactive ketones (excluding diaryl/α,β-unsaturated/α-hetero) is 1. The van der Waals surface area contributed by atoms with Crippen LogP contribution in [0.15, 0.2) is 29.7 Å². The monoisotopic (exact) mass is 329 g/mol. The maximum absolute atomic E-state index is 12.1. The zero-order valence-electron chi connectivity index (χ0n) is 11.0. The number of halogens is 2. The van der Waals surface area contributed by atoms with Gasteiger partial charge in [0.15, 0.2) is 10.9 Å². The van der Waals surface area contributed by atoms with E-state index < -0.39 is 0 Å². The van der Waals surface area contributed by atoms with E-state index in [-0.39, 0.29) is 17.6 Å². The van der Waals surface area contributed by atoms with Gasteiger partial charge in [0.2, 0.25) is 0 Å². The van der Waals surface area contributed by atoms with E-state index >= 15 is 0 Å². The standard InChI is InChI=1S/C13H13Cl2N3OS/c1-8(2)18-7-16-17-13(18)20-6-12(19)9-3-4-10(14)11(15)5-9/h3-5,7-8H,6H2,1-2H3. The first kappa shape index (κ1) is 15.4. The smallest absolute Gasteiger partial charge is 0.191 e. The van der Waals surface area contributed by atoms with Crippen molar-refractivity contribution in [3.05, 3.63) is 40.1 Å². The number of benzene rings is 1. The number of hydrogen-bond donors (Lipinski definition) is 0. The molecular formula is C13H13Cl2N3OS. The predicted molar refractivity (Wildman–Crippen MR) is 81.9 cm³/mol. The summed E-state index contributed by atoms with van der Waals surface area (Å²) in [7, 11) is 0. The Kier molecular flexibility index (Phi) is 5.07. The number of aromatic nitrogens is 3. The summed E-state index contributed by atoms with van der Waals surface area (Å²) in [5, 5.41) is 9.43. The fourth-order valence-electron chi connectivity index (χ4n) is 1.57. The molecule has 2 aromatic rings. The molecular weight excluding hydrogens is 317 g/mol. The minimum atomic E-state index is -0.0214. The van der Waals surface area contributed by atoms with E-state index in [1.54, 1.807) is 24.5 Å². The number of rotatable bonds is 5. The third-order valence-corrected chi connectivity index (χ3v) is 4.37. The number of thioether (sulfide) groups is 1. The summed E-state index contributed by atoms with van der Waals surface area (Å²) < 4.78 is 1.92. The fraction of sp³-hybridized carbons (Fsp3) is 0.308. The Bertz CT molecular complexity index is 628. The van der Waals surface area contributed by atoms with Gasteiger partial charge in [-0.2, -0.15) is 0 Å². The number of hydrogen-bond acceptors (Lipinski definition) is 4. The van der Waals surface area contributed by atoms with Gasteiger partial charge in [0.1, 0.15) is 6.33 Å². The predicted octanol–water partition coefficient (Wildman–Crippen LogP) is 4.14. The molecule has 4 nitrogen and oxygen atoms in total. The molecule has 0 saturated heterocycles. The Hall–Kier alpha value is -1.04. The van der Waals surface area contributed by atoms with Crippen molar-refractivity contribution in [2.45, 2.75) is 25.0 Å². The van der Waals surface area contributed by atoms with Crippen molar-refractivity contribution in [1.29, 1.82) is 0 Å². The Morgan fingerprint density at radius 2 is 2.10 bits per heavy atom. The average molecular weight is 330 g/mol. The Labute approximate surface area is 131 Å². The Morgan fingerprint density at radius 1 is 1.35 bits per heavy atom. The lowest BCUT2D eigenvalue weighted by atomic mass is 10.1. The molecule has 1 aromatic carbocycles. The summed E-state index contributed by atoms with van der Waals surface area (Å²) >= 11 is 13.1. The van der Waals surface area contributed by atoms with Crippen LogP contribution in [0.3, 0.4) is 0 Å². The van der Waals surface area contributed by atoms with Crippen LogP contribution in [0, 0.1) is 0 Å². The van der Waals surface area contributed by atoms with Crippen molar-refractivity contribution < 1.29 is 4.79 Å². The summed E-state index contributed by atoms with van der Waals surface area (Å²) in [5.74, 6) is 0.260. The van der Waals surface area contributed by atoms with Gasteiger partial charge in [0.05, 0.1) is 15.8 Å². The lowest BCUT2D eigenvalue weighted by Gasteiger charge is -2.09. The van der Waals surface area contributed by atoms with Crippen LogP contribution >= 0.6 is 35.0 Å². The molecule has 0 aliphatic heterocycles. The minimum absolute atomic E-state index is 0.0214. The van der Waals surface area contributed by atoms with E-state index in [2.05, 4.69) is 10.2 Å². The van der Waals surface area contributed by atoms with Gasteiger partial charge in [-0.15, -0.1) is 10.2 Å².